The van der Waals surface area contributed by atoms with Crippen molar-refractivity contribution in [1.29, 1.82) is 0 Å². The fourth-order valence-electron chi connectivity index (χ4n) is 2.67. The van der Waals surface area contributed by atoms with E-state index in [0.717, 1.165) is 48.9 Å². The summed E-state index contributed by atoms with van der Waals surface area (Å²) in [4.78, 5) is 16.1. The molecule has 0 aliphatic rings. The molecule has 0 saturated carbocycles. The first-order valence-corrected chi connectivity index (χ1v) is 8.09. The second kappa shape index (κ2) is 7.61. The van der Waals surface area contributed by atoms with E-state index in [0.29, 0.717) is 0 Å². The smallest absolute Gasteiger partial charge is 0.418 e. The lowest BCUT2D eigenvalue weighted by Gasteiger charge is -2.22. The quantitative estimate of drug-likeness (QED) is 0.595. The highest BCUT2D eigenvalue weighted by atomic mass is 19.4. The molecule has 0 bridgehead atoms. The molecule has 0 unspecified atom stereocenters. The average molecular weight is 414 g/mol. The molecule has 1 atom stereocenters. The number of rotatable bonds is 4. The first-order chi connectivity index (χ1) is 13.6. The van der Waals surface area contributed by atoms with Crippen LogP contribution in [0.3, 0.4) is 0 Å². The maximum Gasteiger partial charge on any atom is 0.418 e. The number of nitrogens with one attached hydrogen (secondary N) is 1. The Morgan fingerprint density at radius 1 is 0.966 bits per heavy atom. The Morgan fingerprint density at radius 3 is 2.21 bits per heavy atom. The summed E-state index contributed by atoms with van der Waals surface area (Å²) in [7, 11) is 0. The molecule has 0 saturated heterocycles. The Hall–Kier alpha value is -3.30. The van der Waals surface area contributed by atoms with Crippen LogP contribution in [-0.4, -0.2) is 10.9 Å². The van der Waals surface area contributed by atoms with E-state index in [2.05, 4.69) is 10.3 Å². The van der Waals surface area contributed by atoms with Crippen molar-refractivity contribution in [2.24, 2.45) is 0 Å². The molecular formula is C19H12F6N2O2. The predicted octanol–water partition coefficient (Wildman–Crippen LogP) is 5.23. The number of pyridine rings is 1. The van der Waals surface area contributed by atoms with Crippen LogP contribution in [0.2, 0.25) is 0 Å². The third kappa shape index (κ3) is 4.58. The summed E-state index contributed by atoms with van der Waals surface area (Å²) in [6.45, 7) is 0. The molecule has 29 heavy (non-hydrogen) atoms. The van der Waals surface area contributed by atoms with Crippen molar-refractivity contribution in [3.8, 4) is 0 Å². The summed E-state index contributed by atoms with van der Waals surface area (Å²) >= 11 is 0. The lowest BCUT2D eigenvalue weighted by molar-refractivity contribution is -0.139. The number of alkyl halides is 6. The van der Waals surface area contributed by atoms with Crippen LogP contribution in [0, 0.1) is 0 Å². The van der Waals surface area contributed by atoms with Gasteiger partial charge in [0.15, 0.2) is 0 Å². The van der Waals surface area contributed by atoms with Crippen molar-refractivity contribution in [1.82, 2.24) is 10.3 Å². The van der Waals surface area contributed by atoms with Gasteiger partial charge in [-0.25, -0.2) is 0 Å². The van der Waals surface area contributed by atoms with Crippen LogP contribution >= 0.6 is 0 Å². The fraction of sp³-hybridized carbons (Fsp3) is 0.158. The minimum absolute atomic E-state index is 0.000884. The lowest BCUT2D eigenvalue weighted by atomic mass is 9.97. The van der Waals surface area contributed by atoms with Crippen LogP contribution in [0.25, 0.3) is 0 Å². The van der Waals surface area contributed by atoms with Gasteiger partial charge in [0.25, 0.3) is 5.91 Å². The topological polar surface area (TPSA) is 55.1 Å². The Balaban J connectivity index is 2.07. The van der Waals surface area contributed by atoms with Crippen molar-refractivity contribution < 1.29 is 35.6 Å². The maximum atomic E-state index is 13.4. The Morgan fingerprint density at radius 2 is 1.66 bits per heavy atom. The Kier molecular flexibility index (Phi) is 5.36. The van der Waals surface area contributed by atoms with E-state index >= 15 is 0 Å². The third-order valence-electron chi connectivity index (χ3n) is 4.05. The number of amides is 1. The Bertz CT molecular complexity index is 979. The van der Waals surface area contributed by atoms with Gasteiger partial charge in [-0.15, -0.1) is 0 Å². The number of benzene rings is 1. The van der Waals surface area contributed by atoms with Gasteiger partial charge < -0.3 is 9.73 Å². The first-order valence-electron chi connectivity index (χ1n) is 8.09. The molecule has 152 valence electrons. The van der Waals surface area contributed by atoms with Crippen LogP contribution in [-0.2, 0) is 12.4 Å². The van der Waals surface area contributed by atoms with Gasteiger partial charge in [-0.05, 0) is 35.9 Å². The summed E-state index contributed by atoms with van der Waals surface area (Å²) in [6.07, 6.45) is -6.01. The zero-order valence-electron chi connectivity index (χ0n) is 14.4. The molecule has 0 spiro atoms. The van der Waals surface area contributed by atoms with E-state index in [1.165, 1.54) is 12.3 Å². The zero-order valence-corrected chi connectivity index (χ0v) is 14.4. The largest absolute Gasteiger partial charge is 0.472 e. The normalized spacial score (nSPS) is 13.2. The molecule has 1 amide bonds. The summed E-state index contributed by atoms with van der Waals surface area (Å²) < 4.78 is 83.6. The summed E-state index contributed by atoms with van der Waals surface area (Å²) in [5.74, 6) is -0.776. The van der Waals surface area contributed by atoms with Crippen molar-refractivity contribution in [2.75, 3.05) is 0 Å². The molecule has 10 heteroatoms. The number of aromatic nitrogens is 1. The summed E-state index contributed by atoms with van der Waals surface area (Å²) in [6, 6.07) is 5.15. The predicted molar refractivity (Wildman–Crippen MR) is 88.7 cm³/mol. The van der Waals surface area contributed by atoms with Gasteiger partial charge in [0.05, 0.1) is 34.7 Å². The molecule has 0 aliphatic heterocycles. The minimum atomic E-state index is -4.78. The van der Waals surface area contributed by atoms with Crippen molar-refractivity contribution in [3.63, 3.8) is 0 Å². The van der Waals surface area contributed by atoms with Crippen LogP contribution in [0.15, 0.2) is 65.6 Å². The molecule has 0 radical (unpaired) electrons. The molecule has 3 rings (SSSR count). The SMILES string of the molecule is O=C(N[C@@H](c1ccc(C(F)(F)F)cc1)c1ncccc1C(F)(F)F)c1ccoc1. The van der Waals surface area contributed by atoms with Gasteiger partial charge in [0.1, 0.15) is 6.26 Å². The molecule has 4 nitrogen and oxygen atoms in total. The maximum absolute atomic E-state index is 13.4. The first kappa shape index (κ1) is 20.4. The fourth-order valence-corrected chi connectivity index (χ4v) is 2.67. The number of halogens is 6. The van der Waals surface area contributed by atoms with E-state index in [-0.39, 0.29) is 11.1 Å². The van der Waals surface area contributed by atoms with Gasteiger partial charge in [-0.3, -0.25) is 9.78 Å². The molecule has 0 fully saturated rings. The van der Waals surface area contributed by atoms with Gasteiger partial charge in [0, 0.05) is 6.20 Å². The second-order valence-corrected chi connectivity index (χ2v) is 5.97. The molecule has 1 N–H and O–H groups in total. The number of carbonyl (C=O) groups excluding carboxylic acids is 1. The standard InChI is InChI=1S/C19H12F6N2O2/c20-18(21,22)13-5-3-11(4-6-13)15(27-17(28)12-7-9-29-10-12)16-14(19(23,24)25)2-1-8-26-16/h1-10,15H,(H,27,28)/t15-/m0/s1. The number of furan rings is 1. The highest BCUT2D eigenvalue weighted by Crippen LogP contribution is 2.36. The number of nitrogens with zero attached hydrogens (tertiary/aromatic N) is 1. The van der Waals surface area contributed by atoms with Crippen LogP contribution in [0.4, 0.5) is 26.3 Å². The highest BCUT2D eigenvalue weighted by Gasteiger charge is 2.37. The minimum Gasteiger partial charge on any atom is -0.472 e. The molecule has 2 heterocycles. The molecule has 1 aromatic carbocycles. The Labute approximate surface area is 160 Å². The molecule has 0 aliphatic carbocycles. The van der Waals surface area contributed by atoms with Crippen molar-refractivity contribution in [2.45, 2.75) is 18.4 Å². The number of hydrogen-bond donors (Lipinski definition) is 1. The van der Waals surface area contributed by atoms with Crippen LogP contribution in [0.5, 0.6) is 0 Å². The molecule has 3 aromatic rings. The van der Waals surface area contributed by atoms with E-state index in [4.69, 9.17) is 4.42 Å². The highest BCUT2D eigenvalue weighted by molar-refractivity contribution is 5.94. The molecular weight excluding hydrogens is 402 g/mol. The van der Waals surface area contributed by atoms with E-state index in [1.807, 2.05) is 0 Å². The van der Waals surface area contributed by atoms with E-state index in [1.54, 1.807) is 0 Å². The zero-order chi connectivity index (χ0) is 21.2. The lowest BCUT2D eigenvalue weighted by Crippen LogP contribution is -2.31. The van der Waals surface area contributed by atoms with Gasteiger partial charge in [0.2, 0.25) is 0 Å². The van der Waals surface area contributed by atoms with E-state index in [9.17, 15) is 31.1 Å². The van der Waals surface area contributed by atoms with E-state index < -0.39 is 41.1 Å². The number of carbonyl (C=O) groups is 1. The van der Waals surface area contributed by atoms with Gasteiger partial charge in [-0.1, -0.05) is 12.1 Å². The van der Waals surface area contributed by atoms with Crippen molar-refractivity contribution in [3.05, 3.63) is 89.1 Å². The summed E-state index contributed by atoms with van der Waals surface area (Å²) in [5, 5.41) is 2.38. The van der Waals surface area contributed by atoms with Crippen LogP contribution in [0.1, 0.15) is 38.8 Å². The van der Waals surface area contributed by atoms with Gasteiger partial charge in [-0.2, -0.15) is 26.3 Å². The average Bonchev–Trinajstić information content (AvgIpc) is 3.20. The summed E-state index contributed by atoms with van der Waals surface area (Å²) in [5.41, 5.74) is -2.60. The van der Waals surface area contributed by atoms with Gasteiger partial charge >= 0.3 is 12.4 Å². The second-order valence-electron chi connectivity index (χ2n) is 5.97. The third-order valence-corrected chi connectivity index (χ3v) is 4.05. The molecule has 2 aromatic heterocycles. The number of hydrogen-bond acceptors (Lipinski definition) is 3. The van der Waals surface area contributed by atoms with Crippen LogP contribution < -0.4 is 5.32 Å². The monoisotopic (exact) mass is 414 g/mol. The van der Waals surface area contributed by atoms with Crippen molar-refractivity contribution >= 4 is 5.91 Å².